The van der Waals surface area contributed by atoms with Crippen LogP contribution >= 0.6 is 15.9 Å². The van der Waals surface area contributed by atoms with Gasteiger partial charge in [-0.05, 0) is 20.8 Å². The lowest BCUT2D eigenvalue weighted by molar-refractivity contribution is 0.0181. The monoisotopic (exact) mass is 224 g/mol. The van der Waals surface area contributed by atoms with Crippen LogP contribution in [0.3, 0.4) is 0 Å². The molecule has 0 spiro atoms. The van der Waals surface area contributed by atoms with Crippen LogP contribution in [0.5, 0.6) is 0 Å². The van der Waals surface area contributed by atoms with E-state index >= 15 is 0 Å². The first-order valence-corrected chi connectivity index (χ1v) is 4.61. The van der Waals surface area contributed by atoms with E-state index in [9.17, 15) is 4.79 Å². The van der Waals surface area contributed by atoms with Crippen molar-refractivity contribution in [1.29, 1.82) is 0 Å². The highest BCUT2D eigenvalue weighted by molar-refractivity contribution is 9.09. The molecule has 4 heteroatoms. The molecule has 0 amide bonds. The second-order valence-electron chi connectivity index (χ2n) is 2.50. The van der Waals surface area contributed by atoms with Crippen molar-refractivity contribution < 1.29 is 14.3 Å². The van der Waals surface area contributed by atoms with Crippen LogP contribution in [0.4, 0.5) is 4.79 Å². The van der Waals surface area contributed by atoms with Crippen LogP contribution in [0.25, 0.3) is 0 Å². The van der Waals surface area contributed by atoms with Crippen LogP contribution in [0, 0.1) is 0 Å². The van der Waals surface area contributed by atoms with Crippen LogP contribution in [-0.2, 0) is 9.47 Å². The summed E-state index contributed by atoms with van der Waals surface area (Å²) in [5.41, 5.74) is 0. The molecular formula is C7H13BrO3. The van der Waals surface area contributed by atoms with Gasteiger partial charge in [0.15, 0.2) is 0 Å². The zero-order chi connectivity index (χ0) is 8.85. The number of carbonyl (C=O) groups excluding carboxylic acids is 1. The van der Waals surface area contributed by atoms with Gasteiger partial charge in [0.05, 0.1) is 6.10 Å². The van der Waals surface area contributed by atoms with Gasteiger partial charge in [-0.1, -0.05) is 15.9 Å². The predicted molar refractivity (Wildman–Crippen MR) is 46.0 cm³/mol. The zero-order valence-corrected chi connectivity index (χ0v) is 8.55. The number of halogens is 1. The lowest BCUT2D eigenvalue weighted by Gasteiger charge is -2.11. The van der Waals surface area contributed by atoms with Gasteiger partial charge in [0.2, 0.25) is 0 Å². The maximum Gasteiger partial charge on any atom is 0.508 e. The van der Waals surface area contributed by atoms with Gasteiger partial charge in [-0.2, -0.15) is 0 Å². The molecule has 0 bridgehead atoms. The standard InChI is InChI=1S/C7H13BrO3/c1-5(2)10-7(9)11-6(3)4-8/h5-6H,4H2,1-3H3. The Hall–Kier alpha value is -0.250. The molecule has 0 aromatic heterocycles. The molecule has 0 aliphatic carbocycles. The van der Waals surface area contributed by atoms with E-state index in [4.69, 9.17) is 9.47 Å². The van der Waals surface area contributed by atoms with Gasteiger partial charge in [-0.25, -0.2) is 4.79 Å². The fraction of sp³-hybridized carbons (Fsp3) is 0.857. The minimum atomic E-state index is -0.605. The molecule has 11 heavy (non-hydrogen) atoms. The summed E-state index contributed by atoms with van der Waals surface area (Å²) in [5, 5.41) is 0.625. The molecule has 3 nitrogen and oxygen atoms in total. The fourth-order valence-corrected chi connectivity index (χ4v) is 0.548. The van der Waals surface area contributed by atoms with Crippen molar-refractivity contribution in [2.75, 3.05) is 5.33 Å². The highest BCUT2D eigenvalue weighted by Gasteiger charge is 2.10. The molecule has 0 rings (SSSR count). The first-order chi connectivity index (χ1) is 5.06. The van der Waals surface area contributed by atoms with Gasteiger partial charge < -0.3 is 9.47 Å². The smallest absolute Gasteiger partial charge is 0.432 e. The minimum Gasteiger partial charge on any atom is -0.432 e. The van der Waals surface area contributed by atoms with Crippen LogP contribution in [0.15, 0.2) is 0 Å². The van der Waals surface area contributed by atoms with E-state index in [1.165, 1.54) is 0 Å². The quantitative estimate of drug-likeness (QED) is 0.546. The molecule has 0 saturated carbocycles. The topological polar surface area (TPSA) is 35.5 Å². The first-order valence-electron chi connectivity index (χ1n) is 3.49. The third-order valence-electron chi connectivity index (χ3n) is 0.847. The second kappa shape index (κ2) is 5.41. The Morgan fingerprint density at radius 1 is 1.36 bits per heavy atom. The van der Waals surface area contributed by atoms with Gasteiger partial charge in [-0.15, -0.1) is 0 Å². The lowest BCUT2D eigenvalue weighted by atomic mass is 10.5. The highest BCUT2D eigenvalue weighted by atomic mass is 79.9. The Bertz CT molecular complexity index is 125. The number of rotatable bonds is 3. The lowest BCUT2D eigenvalue weighted by Crippen LogP contribution is -2.19. The Balaban J connectivity index is 3.52. The molecule has 0 fully saturated rings. The van der Waals surface area contributed by atoms with Crippen molar-refractivity contribution in [3.63, 3.8) is 0 Å². The van der Waals surface area contributed by atoms with E-state index in [1.807, 2.05) is 0 Å². The number of carbonyl (C=O) groups is 1. The molecule has 0 saturated heterocycles. The minimum absolute atomic E-state index is 0.120. The maximum atomic E-state index is 10.8. The summed E-state index contributed by atoms with van der Waals surface area (Å²) in [5.74, 6) is 0. The predicted octanol–water partition coefficient (Wildman–Crippen LogP) is 2.33. The maximum absolute atomic E-state index is 10.8. The highest BCUT2D eigenvalue weighted by Crippen LogP contribution is 2.00. The van der Waals surface area contributed by atoms with Crippen molar-refractivity contribution in [3.05, 3.63) is 0 Å². The first kappa shape index (κ1) is 10.8. The Labute approximate surface area is 75.2 Å². The van der Waals surface area contributed by atoms with E-state index in [2.05, 4.69) is 15.9 Å². The summed E-state index contributed by atoms with van der Waals surface area (Å²) in [6, 6.07) is 0. The average molecular weight is 225 g/mol. The summed E-state index contributed by atoms with van der Waals surface area (Å²) in [6.45, 7) is 5.34. The molecule has 0 aliphatic heterocycles. The van der Waals surface area contributed by atoms with E-state index in [1.54, 1.807) is 20.8 Å². The fourth-order valence-electron chi connectivity index (χ4n) is 0.416. The number of hydrogen-bond acceptors (Lipinski definition) is 3. The van der Waals surface area contributed by atoms with Crippen molar-refractivity contribution in [3.8, 4) is 0 Å². The number of alkyl halides is 1. The molecule has 1 unspecified atom stereocenters. The molecule has 1 atom stereocenters. The Morgan fingerprint density at radius 2 is 1.91 bits per heavy atom. The third kappa shape index (κ3) is 6.16. The Kier molecular flexibility index (Phi) is 5.28. The van der Waals surface area contributed by atoms with Crippen LogP contribution in [0.1, 0.15) is 20.8 Å². The van der Waals surface area contributed by atoms with Gasteiger partial charge in [0, 0.05) is 5.33 Å². The molecule has 0 radical (unpaired) electrons. The van der Waals surface area contributed by atoms with Crippen LogP contribution in [-0.4, -0.2) is 23.7 Å². The molecule has 0 heterocycles. The molecular weight excluding hydrogens is 212 g/mol. The van der Waals surface area contributed by atoms with E-state index in [-0.39, 0.29) is 12.2 Å². The van der Waals surface area contributed by atoms with Crippen molar-refractivity contribution >= 4 is 22.1 Å². The van der Waals surface area contributed by atoms with E-state index in [0.29, 0.717) is 5.33 Å². The van der Waals surface area contributed by atoms with Crippen molar-refractivity contribution in [2.45, 2.75) is 33.0 Å². The molecule has 0 aliphatic rings. The molecule has 0 aromatic rings. The van der Waals surface area contributed by atoms with Gasteiger partial charge in [0.25, 0.3) is 0 Å². The number of hydrogen-bond donors (Lipinski definition) is 0. The summed E-state index contributed by atoms with van der Waals surface area (Å²) >= 11 is 3.18. The summed E-state index contributed by atoms with van der Waals surface area (Å²) in [4.78, 5) is 10.8. The van der Waals surface area contributed by atoms with Gasteiger partial charge >= 0.3 is 6.16 Å². The summed E-state index contributed by atoms with van der Waals surface area (Å²) in [6.07, 6.45) is -0.863. The summed E-state index contributed by atoms with van der Waals surface area (Å²) < 4.78 is 9.54. The Morgan fingerprint density at radius 3 is 2.27 bits per heavy atom. The second-order valence-corrected chi connectivity index (χ2v) is 3.15. The van der Waals surface area contributed by atoms with E-state index in [0.717, 1.165) is 0 Å². The van der Waals surface area contributed by atoms with Gasteiger partial charge in [-0.3, -0.25) is 0 Å². The molecule has 0 N–H and O–H groups in total. The normalized spacial score (nSPS) is 12.8. The van der Waals surface area contributed by atoms with Crippen LogP contribution in [0.2, 0.25) is 0 Å². The van der Waals surface area contributed by atoms with E-state index < -0.39 is 6.16 Å². The zero-order valence-electron chi connectivity index (χ0n) is 6.96. The largest absolute Gasteiger partial charge is 0.508 e. The summed E-state index contributed by atoms with van der Waals surface area (Å²) in [7, 11) is 0. The van der Waals surface area contributed by atoms with Gasteiger partial charge in [0.1, 0.15) is 6.10 Å². The molecule has 0 aromatic carbocycles. The van der Waals surface area contributed by atoms with Crippen molar-refractivity contribution in [2.24, 2.45) is 0 Å². The third-order valence-corrected chi connectivity index (χ3v) is 1.76. The SMILES string of the molecule is CC(C)OC(=O)OC(C)CBr. The van der Waals surface area contributed by atoms with Crippen LogP contribution < -0.4 is 0 Å². The molecule has 66 valence electrons. The number of ether oxygens (including phenoxy) is 2. The average Bonchev–Trinajstić information content (AvgIpc) is 1.85. The van der Waals surface area contributed by atoms with Crippen molar-refractivity contribution in [1.82, 2.24) is 0 Å².